The second-order valence-electron chi connectivity index (χ2n) is 4.88. The van der Waals surface area contributed by atoms with Crippen molar-refractivity contribution in [1.82, 2.24) is 10.3 Å². The van der Waals surface area contributed by atoms with Crippen LogP contribution < -0.4 is 10.1 Å². The molecule has 18 heavy (non-hydrogen) atoms. The Bertz CT molecular complexity index is 386. The number of hydrogen-bond donors (Lipinski definition) is 1. The van der Waals surface area contributed by atoms with Gasteiger partial charge in [-0.2, -0.15) is 0 Å². The summed E-state index contributed by atoms with van der Waals surface area (Å²) in [5.74, 6) is 0.836. The minimum atomic E-state index is 0.0240. The number of hydrogen-bond acceptors (Lipinski definition) is 4. The van der Waals surface area contributed by atoms with Crippen LogP contribution in [-0.4, -0.2) is 31.9 Å². The highest BCUT2D eigenvalue weighted by Gasteiger charge is 2.39. The van der Waals surface area contributed by atoms with Gasteiger partial charge < -0.3 is 14.8 Å². The number of rotatable bonds is 6. The van der Waals surface area contributed by atoms with Gasteiger partial charge in [0, 0.05) is 13.3 Å². The van der Waals surface area contributed by atoms with Crippen molar-refractivity contribution in [2.45, 2.75) is 37.3 Å². The monoisotopic (exact) mass is 250 g/mol. The van der Waals surface area contributed by atoms with Crippen molar-refractivity contribution in [3.8, 4) is 5.75 Å². The Kier molecular flexibility index (Phi) is 4.19. The lowest BCUT2D eigenvalue weighted by molar-refractivity contribution is -0.0837. The standard InChI is InChI=1S/C14H22N2O2/c1-15-11(10-14(18-3)7-5-8-14)13-12(17-2)6-4-9-16-13/h4,6,9,11,15H,5,7-8,10H2,1-3H3. The maximum Gasteiger partial charge on any atom is 0.141 e. The number of nitrogens with one attached hydrogen (secondary N) is 1. The molecule has 1 atom stereocenters. The summed E-state index contributed by atoms with van der Waals surface area (Å²) in [6.45, 7) is 0. The highest BCUT2D eigenvalue weighted by molar-refractivity contribution is 5.30. The summed E-state index contributed by atoms with van der Waals surface area (Å²) in [5, 5.41) is 3.33. The summed E-state index contributed by atoms with van der Waals surface area (Å²) in [6.07, 6.45) is 6.27. The summed E-state index contributed by atoms with van der Waals surface area (Å²) >= 11 is 0. The molecular weight excluding hydrogens is 228 g/mol. The maximum absolute atomic E-state index is 5.69. The molecule has 0 amide bonds. The minimum absolute atomic E-state index is 0.0240. The molecule has 0 aromatic carbocycles. The number of pyridine rings is 1. The van der Waals surface area contributed by atoms with E-state index in [1.54, 1.807) is 7.11 Å². The third-order valence-electron chi connectivity index (χ3n) is 3.97. The largest absolute Gasteiger partial charge is 0.495 e. The minimum Gasteiger partial charge on any atom is -0.495 e. The van der Waals surface area contributed by atoms with E-state index in [1.165, 1.54) is 6.42 Å². The van der Waals surface area contributed by atoms with Gasteiger partial charge in [0.25, 0.3) is 0 Å². The molecule has 2 rings (SSSR count). The molecule has 0 bridgehead atoms. The third-order valence-corrected chi connectivity index (χ3v) is 3.97. The van der Waals surface area contributed by atoms with E-state index in [-0.39, 0.29) is 11.6 Å². The van der Waals surface area contributed by atoms with Gasteiger partial charge in [-0.15, -0.1) is 0 Å². The molecule has 1 N–H and O–H groups in total. The van der Waals surface area contributed by atoms with Crippen LogP contribution in [0.5, 0.6) is 5.75 Å². The zero-order valence-electron chi connectivity index (χ0n) is 11.4. The second kappa shape index (κ2) is 5.67. The zero-order chi connectivity index (χ0) is 13.0. The molecule has 1 aliphatic carbocycles. The first-order chi connectivity index (χ1) is 8.74. The van der Waals surface area contributed by atoms with Gasteiger partial charge in [0.1, 0.15) is 5.75 Å². The average Bonchev–Trinajstić information content (AvgIpc) is 2.38. The van der Waals surface area contributed by atoms with Gasteiger partial charge in [0.05, 0.1) is 24.4 Å². The van der Waals surface area contributed by atoms with Crippen LogP contribution >= 0.6 is 0 Å². The van der Waals surface area contributed by atoms with Crippen molar-refractivity contribution in [3.63, 3.8) is 0 Å². The first kappa shape index (κ1) is 13.3. The van der Waals surface area contributed by atoms with Gasteiger partial charge in [-0.25, -0.2) is 0 Å². The van der Waals surface area contributed by atoms with Crippen molar-refractivity contribution in [1.29, 1.82) is 0 Å². The van der Waals surface area contributed by atoms with E-state index in [2.05, 4.69) is 10.3 Å². The van der Waals surface area contributed by atoms with E-state index >= 15 is 0 Å². The van der Waals surface area contributed by atoms with Gasteiger partial charge >= 0.3 is 0 Å². The Morgan fingerprint density at radius 2 is 2.22 bits per heavy atom. The second-order valence-corrected chi connectivity index (χ2v) is 4.88. The highest BCUT2D eigenvalue weighted by atomic mass is 16.5. The normalized spacial score (nSPS) is 19.1. The number of nitrogens with zero attached hydrogens (tertiary/aromatic N) is 1. The fraction of sp³-hybridized carbons (Fsp3) is 0.643. The summed E-state index contributed by atoms with van der Waals surface area (Å²) in [5.41, 5.74) is 0.988. The smallest absolute Gasteiger partial charge is 0.141 e. The van der Waals surface area contributed by atoms with E-state index in [9.17, 15) is 0 Å². The van der Waals surface area contributed by atoms with Crippen molar-refractivity contribution in [2.24, 2.45) is 0 Å². The van der Waals surface area contributed by atoms with E-state index in [0.717, 1.165) is 30.7 Å². The molecule has 1 unspecified atom stereocenters. The van der Waals surface area contributed by atoms with Crippen LogP contribution in [0.25, 0.3) is 0 Å². The number of methoxy groups -OCH3 is 2. The van der Waals surface area contributed by atoms with Crippen LogP contribution in [0.2, 0.25) is 0 Å². The molecule has 4 nitrogen and oxygen atoms in total. The molecule has 1 fully saturated rings. The van der Waals surface area contributed by atoms with Crippen LogP contribution in [0.15, 0.2) is 18.3 Å². The third kappa shape index (κ3) is 2.49. The quantitative estimate of drug-likeness (QED) is 0.841. The fourth-order valence-electron chi connectivity index (χ4n) is 2.61. The molecular formula is C14H22N2O2. The molecule has 0 saturated heterocycles. The van der Waals surface area contributed by atoms with E-state index in [1.807, 2.05) is 32.5 Å². The van der Waals surface area contributed by atoms with Crippen LogP contribution in [0.4, 0.5) is 0 Å². The van der Waals surface area contributed by atoms with Gasteiger partial charge in [-0.1, -0.05) is 0 Å². The molecule has 4 heteroatoms. The Hall–Kier alpha value is -1.13. The van der Waals surface area contributed by atoms with Crippen LogP contribution in [0, 0.1) is 0 Å². The van der Waals surface area contributed by atoms with Gasteiger partial charge in [-0.3, -0.25) is 4.98 Å². The van der Waals surface area contributed by atoms with Crippen molar-refractivity contribution in [2.75, 3.05) is 21.3 Å². The fourth-order valence-corrected chi connectivity index (χ4v) is 2.61. The lowest BCUT2D eigenvalue weighted by Gasteiger charge is -2.42. The van der Waals surface area contributed by atoms with E-state index in [4.69, 9.17) is 9.47 Å². The SMILES string of the molecule is CNC(CC1(OC)CCC1)c1ncccc1OC. The average molecular weight is 250 g/mol. The maximum atomic E-state index is 5.69. The first-order valence-electron chi connectivity index (χ1n) is 6.46. The van der Waals surface area contributed by atoms with Gasteiger partial charge in [0.2, 0.25) is 0 Å². The Labute approximate surface area is 109 Å². The zero-order valence-corrected chi connectivity index (χ0v) is 11.4. The molecule has 1 heterocycles. The molecule has 100 valence electrons. The summed E-state index contributed by atoms with van der Waals surface area (Å²) in [7, 11) is 5.45. The Balaban J connectivity index is 2.17. The molecule has 1 aromatic heterocycles. The van der Waals surface area contributed by atoms with E-state index in [0.29, 0.717) is 0 Å². The Morgan fingerprint density at radius 3 is 2.72 bits per heavy atom. The van der Waals surface area contributed by atoms with Gasteiger partial charge in [-0.05, 0) is 44.9 Å². The molecule has 1 aromatic rings. The molecule has 0 aliphatic heterocycles. The first-order valence-corrected chi connectivity index (χ1v) is 6.46. The molecule has 0 radical (unpaired) electrons. The van der Waals surface area contributed by atoms with Crippen LogP contribution in [0.3, 0.4) is 0 Å². The Morgan fingerprint density at radius 1 is 1.44 bits per heavy atom. The predicted octanol–water partition coefficient (Wildman–Crippen LogP) is 2.31. The van der Waals surface area contributed by atoms with Crippen LogP contribution in [0.1, 0.15) is 37.4 Å². The lowest BCUT2D eigenvalue weighted by Crippen LogP contribution is -2.42. The van der Waals surface area contributed by atoms with E-state index < -0.39 is 0 Å². The summed E-state index contributed by atoms with van der Waals surface area (Å²) < 4.78 is 11.1. The lowest BCUT2D eigenvalue weighted by atomic mass is 9.75. The topological polar surface area (TPSA) is 43.4 Å². The summed E-state index contributed by atoms with van der Waals surface area (Å²) in [4.78, 5) is 4.45. The molecule has 0 spiro atoms. The van der Waals surface area contributed by atoms with Crippen molar-refractivity contribution < 1.29 is 9.47 Å². The number of aromatic nitrogens is 1. The predicted molar refractivity (Wildman–Crippen MR) is 70.8 cm³/mol. The van der Waals surface area contributed by atoms with Crippen molar-refractivity contribution >= 4 is 0 Å². The van der Waals surface area contributed by atoms with Gasteiger partial charge in [0.15, 0.2) is 0 Å². The highest BCUT2D eigenvalue weighted by Crippen LogP contribution is 2.42. The van der Waals surface area contributed by atoms with Crippen LogP contribution in [-0.2, 0) is 4.74 Å². The molecule has 1 aliphatic rings. The summed E-state index contributed by atoms with van der Waals surface area (Å²) in [6, 6.07) is 4.01. The van der Waals surface area contributed by atoms with Crippen molar-refractivity contribution in [3.05, 3.63) is 24.0 Å². The molecule has 1 saturated carbocycles. The number of ether oxygens (including phenoxy) is 2.